The maximum absolute atomic E-state index is 12.0. The molecule has 0 N–H and O–H groups in total. The van der Waals surface area contributed by atoms with E-state index in [9.17, 15) is 4.79 Å². The lowest BCUT2D eigenvalue weighted by atomic mass is 10.1. The predicted molar refractivity (Wildman–Crippen MR) is 63.4 cm³/mol. The van der Waals surface area contributed by atoms with E-state index in [-0.39, 0.29) is 5.91 Å². The van der Waals surface area contributed by atoms with E-state index >= 15 is 0 Å². The van der Waals surface area contributed by atoms with Crippen LogP contribution in [0.1, 0.15) is 22.3 Å². The van der Waals surface area contributed by atoms with Gasteiger partial charge in [0, 0.05) is 24.2 Å². The number of hydrogen-bond acceptors (Lipinski definition) is 2. The number of benzene rings is 1. The first-order valence-electron chi connectivity index (χ1n) is 4.95. The van der Waals surface area contributed by atoms with Crippen molar-refractivity contribution < 1.29 is 4.79 Å². The average molecular weight is 237 g/mol. The molecule has 0 bridgehead atoms. The number of nitriles is 1. The van der Waals surface area contributed by atoms with E-state index in [1.54, 1.807) is 25.2 Å². The van der Waals surface area contributed by atoms with Crippen LogP contribution in [0, 0.1) is 18.3 Å². The van der Waals surface area contributed by atoms with Gasteiger partial charge in [-0.1, -0.05) is 17.7 Å². The Balaban J connectivity index is 2.89. The second-order valence-electron chi connectivity index (χ2n) is 3.55. The van der Waals surface area contributed by atoms with Gasteiger partial charge in [0.1, 0.15) is 0 Å². The standard InChI is InChI=1S/C12H13ClN2O/c1-9-10(5-3-6-11(9)13)12(16)15(2)8-4-7-14/h3,5-6H,4,8H2,1-2H3. The van der Waals surface area contributed by atoms with Crippen LogP contribution in [0.2, 0.25) is 5.02 Å². The minimum absolute atomic E-state index is 0.102. The molecular formula is C12H13ClN2O. The Morgan fingerprint density at radius 3 is 2.88 bits per heavy atom. The average Bonchev–Trinajstić information content (AvgIpc) is 2.28. The van der Waals surface area contributed by atoms with Gasteiger partial charge in [0.2, 0.25) is 0 Å². The van der Waals surface area contributed by atoms with Crippen LogP contribution in [0.3, 0.4) is 0 Å². The summed E-state index contributed by atoms with van der Waals surface area (Å²) in [4.78, 5) is 13.5. The van der Waals surface area contributed by atoms with E-state index in [0.717, 1.165) is 5.56 Å². The molecule has 3 nitrogen and oxygen atoms in total. The highest BCUT2D eigenvalue weighted by Crippen LogP contribution is 2.19. The summed E-state index contributed by atoms with van der Waals surface area (Å²) in [7, 11) is 1.68. The second kappa shape index (κ2) is 5.53. The van der Waals surface area contributed by atoms with Crippen molar-refractivity contribution in [2.45, 2.75) is 13.3 Å². The van der Waals surface area contributed by atoms with E-state index in [2.05, 4.69) is 0 Å². The van der Waals surface area contributed by atoms with Crippen molar-refractivity contribution in [1.29, 1.82) is 5.26 Å². The quantitative estimate of drug-likeness (QED) is 0.810. The van der Waals surface area contributed by atoms with Crippen molar-refractivity contribution >= 4 is 17.5 Å². The third-order valence-electron chi connectivity index (χ3n) is 2.40. The predicted octanol–water partition coefficient (Wildman–Crippen LogP) is 2.63. The molecule has 0 spiro atoms. The molecule has 4 heteroatoms. The molecule has 1 amide bonds. The summed E-state index contributed by atoms with van der Waals surface area (Å²) in [5.41, 5.74) is 1.37. The number of carbonyl (C=O) groups excluding carboxylic acids is 1. The highest BCUT2D eigenvalue weighted by Gasteiger charge is 2.14. The molecule has 16 heavy (non-hydrogen) atoms. The number of nitrogens with zero attached hydrogens (tertiary/aromatic N) is 2. The van der Waals surface area contributed by atoms with Crippen LogP contribution >= 0.6 is 11.6 Å². The molecule has 0 heterocycles. The van der Waals surface area contributed by atoms with Crippen LogP contribution in [-0.4, -0.2) is 24.4 Å². The fourth-order valence-corrected chi connectivity index (χ4v) is 1.54. The Labute approximate surface area is 100 Å². The summed E-state index contributed by atoms with van der Waals surface area (Å²) in [6.07, 6.45) is 0.335. The van der Waals surface area contributed by atoms with Gasteiger partial charge in [0.25, 0.3) is 5.91 Å². The zero-order valence-corrected chi connectivity index (χ0v) is 10.1. The summed E-state index contributed by atoms with van der Waals surface area (Å²) in [6, 6.07) is 7.26. The van der Waals surface area contributed by atoms with Crippen LogP contribution in [0.15, 0.2) is 18.2 Å². The molecule has 84 valence electrons. The molecule has 0 aliphatic rings. The smallest absolute Gasteiger partial charge is 0.253 e. The van der Waals surface area contributed by atoms with Gasteiger partial charge >= 0.3 is 0 Å². The number of hydrogen-bond donors (Lipinski definition) is 0. The molecule has 1 aromatic carbocycles. The molecule has 0 fully saturated rings. The SMILES string of the molecule is Cc1c(Cl)cccc1C(=O)N(C)CCC#N. The van der Waals surface area contributed by atoms with Crippen LogP contribution in [0.25, 0.3) is 0 Å². The number of carbonyl (C=O) groups is 1. The lowest BCUT2D eigenvalue weighted by molar-refractivity contribution is 0.0797. The molecule has 0 radical (unpaired) electrons. The number of amides is 1. The first-order valence-corrected chi connectivity index (χ1v) is 5.33. The molecule has 0 aromatic heterocycles. The number of halogens is 1. The largest absolute Gasteiger partial charge is 0.341 e. The van der Waals surface area contributed by atoms with Crippen molar-refractivity contribution in [3.05, 3.63) is 34.3 Å². The minimum atomic E-state index is -0.102. The zero-order chi connectivity index (χ0) is 12.1. The molecule has 1 rings (SSSR count). The molecule has 0 aliphatic carbocycles. The molecule has 1 aromatic rings. The van der Waals surface area contributed by atoms with Gasteiger partial charge in [0.05, 0.1) is 12.5 Å². The van der Waals surface area contributed by atoms with Gasteiger partial charge in [-0.05, 0) is 24.6 Å². The van der Waals surface area contributed by atoms with Crippen LogP contribution in [0.5, 0.6) is 0 Å². The van der Waals surface area contributed by atoms with Crippen molar-refractivity contribution in [3.63, 3.8) is 0 Å². The van der Waals surface area contributed by atoms with Crippen molar-refractivity contribution in [2.24, 2.45) is 0 Å². The van der Waals surface area contributed by atoms with Gasteiger partial charge in [-0.3, -0.25) is 4.79 Å². The summed E-state index contributed by atoms with van der Waals surface area (Å²) < 4.78 is 0. The Bertz CT molecular complexity index is 437. The zero-order valence-electron chi connectivity index (χ0n) is 9.33. The Morgan fingerprint density at radius 2 is 2.25 bits per heavy atom. The third kappa shape index (κ3) is 2.74. The molecule has 0 saturated carbocycles. The van der Waals surface area contributed by atoms with E-state index in [1.165, 1.54) is 4.90 Å². The highest BCUT2D eigenvalue weighted by atomic mass is 35.5. The maximum atomic E-state index is 12.0. The minimum Gasteiger partial charge on any atom is -0.341 e. The Morgan fingerprint density at radius 1 is 1.56 bits per heavy atom. The lowest BCUT2D eigenvalue weighted by Gasteiger charge is -2.17. The summed E-state index contributed by atoms with van der Waals surface area (Å²) in [5, 5.41) is 9.04. The number of rotatable bonds is 3. The van der Waals surface area contributed by atoms with Gasteiger partial charge < -0.3 is 4.90 Å². The van der Waals surface area contributed by atoms with Crippen molar-refractivity contribution in [3.8, 4) is 6.07 Å². The normalized spacial score (nSPS) is 9.62. The first-order chi connectivity index (χ1) is 7.57. The summed E-state index contributed by atoms with van der Waals surface area (Å²) in [5.74, 6) is -0.102. The van der Waals surface area contributed by atoms with Gasteiger partial charge in [-0.2, -0.15) is 5.26 Å². The van der Waals surface area contributed by atoms with E-state index in [1.807, 2.05) is 13.0 Å². The summed E-state index contributed by atoms with van der Waals surface area (Å²) in [6.45, 7) is 2.25. The second-order valence-corrected chi connectivity index (χ2v) is 3.95. The highest BCUT2D eigenvalue weighted by molar-refractivity contribution is 6.31. The van der Waals surface area contributed by atoms with E-state index < -0.39 is 0 Å². The molecule has 0 unspecified atom stereocenters. The van der Waals surface area contributed by atoms with Gasteiger partial charge in [-0.15, -0.1) is 0 Å². The van der Waals surface area contributed by atoms with E-state index in [0.29, 0.717) is 23.6 Å². The summed E-state index contributed by atoms with van der Waals surface area (Å²) >= 11 is 5.94. The Kier molecular flexibility index (Phi) is 4.33. The van der Waals surface area contributed by atoms with Crippen LogP contribution in [-0.2, 0) is 0 Å². The topological polar surface area (TPSA) is 44.1 Å². The third-order valence-corrected chi connectivity index (χ3v) is 2.81. The van der Waals surface area contributed by atoms with Gasteiger partial charge in [0.15, 0.2) is 0 Å². The van der Waals surface area contributed by atoms with Crippen molar-refractivity contribution in [2.75, 3.05) is 13.6 Å². The van der Waals surface area contributed by atoms with Crippen LogP contribution < -0.4 is 0 Å². The fraction of sp³-hybridized carbons (Fsp3) is 0.333. The Hall–Kier alpha value is -1.53. The van der Waals surface area contributed by atoms with Crippen molar-refractivity contribution in [1.82, 2.24) is 4.90 Å². The monoisotopic (exact) mass is 236 g/mol. The fourth-order valence-electron chi connectivity index (χ4n) is 1.36. The molecular weight excluding hydrogens is 224 g/mol. The maximum Gasteiger partial charge on any atom is 0.253 e. The van der Waals surface area contributed by atoms with Gasteiger partial charge in [-0.25, -0.2) is 0 Å². The first kappa shape index (κ1) is 12.5. The van der Waals surface area contributed by atoms with E-state index in [4.69, 9.17) is 16.9 Å². The van der Waals surface area contributed by atoms with Crippen LogP contribution in [0.4, 0.5) is 0 Å². The molecule has 0 atom stereocenters. The molecule has 0 aliphatic heterocycles. The lowest BCUT2D eigenvalue weighted by Crippen LogP contribution is -2.28. The molecule has 0 saturated heterocycles.